The summed E-state index contributed by atoms with van der Waals surface area (Å²) in [5.74, 6) is -1.16. The summed E-state index contributed by atoms with van der Waals surface area (Å²) in [6, 6.07) is 16.0. The largest absolute Gasteiger partial charge is 0.462 e. The predicted octanol–water partition coefficient (Wildman–Crippen LogP) is 3.61. The second-order valence-electron chi connectivity index (χ2n) is 7.47. The number of amides is 2. The maximum atomic E-state index is 12.6. The highest BCUT2D eigenvalue weighted by Gasteiger charge is 2.11. The van der Waals surface area contributed by atoms with E-state index in [-0.39, 0.29) is 23.9 Å². The Kier molecular flexibility index (Phi) is 7.75. The molecule has 1 heterocycles. The molecule has 0 unspecified atom stereocenters. The van der Waals surface area contributed by atoms with E-state index in [1.165, 1.54) is 10.6 Å². The van der Waals surface area contributed by atoms with Crippen molar-refractivity contribution in [2.24, 2.45) is 0 Å². The standard InChI is InChI=1S/C25H25N3O5/c1-3-13-33-25(32)19-5-4-6-21(14-19)27-24(31)18-8-10-20(11-9-18)26-22(29)16-28-15-17(2)7-12-23(28)30/h4-12,14-15H,3,13,16H2,1-2H3,(H,26,29)(H,27,31). The fraction of sp³-hybridized carbons (Fsp3) is 0.200. The van der Waals surface area contributed by atoms with Gasteiger partial charge in [0.2, 0.25) is 5.91 Å². The zero-order chi connectivity index (χ0) is 23.8. The third kappa shape index (κ3) is 6.64. The van der Waals surface area contributed by atoms with E-state index in [0.717, 1.165) is 12.0 Å². The molecule has 2 N–H and O–H groups in total. The number of pyridine rings is 1. The third-order valence-electron chi connectivity index (χ3n) is 4.67. The zero-order valence-corrected chi connectivity index (χ0v) is 18.5. The lowest BCUT2D eigenvalue weighted by Crippen LogP contribution is -2.26. The minimum Gasteiger partial charge on any atom is -0.462 e. The molecule has 0 atom stereocenters. The SMILES string of the molecule is CCCOC(=O)c1cccc(NC(=O)c2ccc(NC(=O)Cn3cc(C)ccc3=O)cc2)c1. The number of esters is 1. The van der Waals surface area contributed by atoms with Crippen molar-refractivity contribution >= 4 is 29.2 Å². The van der Waals surface area contributed by atoms with Gasteiger partial charge in [0.25, 0.3) is 11.5 Å². The van der Waals surface area contributed by atoms with Crippen molar-refractivity contribution in [3.05, 3.63) is 93.9 Å². The number of nitrogens with zero attached hydrogens (tertiary/aromatic N) is 1. The second-order valence-corrected chi connectivity index (χ2v) is 7.47. The number of rotatable bonds is 8. The Morgan fingerprint density at radius 2 is 1.67 bits per heavy atom. The van der Waals surface area contributed by atoms with Gasteiger partial charge in [0.05, 0.1) is 12.2 Å². The molecular formula is C25H25N3O5. The van der Waals surface area contributed by atoms with Crippen LogP contribution in [-0.4, -0.2) is 29.0 Å². The van der Waals surface area contributed by atoms with Crippen LogP contribution in [0.5, 0.6) is 0 Å². The van der Waals surface area contributed by atoms with Crippen LogP contribution >= 0.6 is 0 Å². The Hall–Kier alpha value is -4.20. The molecule has 0 bridgehead atoms. The number of aromatic nitrogens is 1. The number of ether oxygens (including phenoxy) is 1. The van der Waals surface area contributed by atoms with Crippen molar-refractivity contribution in [3.63, 3.8) is 0 Å². The number of carbonyl (C=O) groups is 3. The lowest BCUT2D eigenvalue weighted by atomic mass is 10.1. The van der Waals surface area contributed by atoms with Gasteiger partial charge >= 0.3 is 5.97 Å². The van der Waals surface area contributed by atoms with Crippen LogP contribution in [0.3, 0.4) is 0 Å². The van der Waals surface area contributed by atoms with Crippen molar-refractivity contribution in [2.45, 2.75) is 26.8 Å². The summed E-state index contributed by atoms with van der Waals surface area (Å²) in [5.41, 5.74) is 2.31. The van der Waals surface area contributed by atoms with Gasteiger partial charge in [-0.05, 0) is 61.4 Å². The van der Waals surface area contributed by atoms with Crippen LogP contribution in [0.4, 0.5) is 11.4 Å². The normalized spacial score (nSPS) is 10.4. The van der Waals surface area contributed by atoms with Crippen LogP contribution in [0.1, 0.15) is 39.6 Å². The fourth-order valence-electron chi connectivity index (χ4n) is 3.04. The average molecular weight is 447 g/mol. The first kappa shape index (κ1) is 23.5. The lowest BCUT2D eigenvalue weighted by molar-refractivity contribution is -0.116. The average Bonchev–Trinajstić information content (AvgIpc) is 2.80. The maximum absolute atomic E-state index is 12.6. The molecule has 2 amide bonds. The van der Waals surface area contributed by atoms with E-state index in [1.54, 1.807) is 60.8 Å². The van der Waals surface area contributed by atoms with Gasteiger partial charge in [-0.15, -0.1) is 0 Å². The first-order chi connectivity index (χ1) is 15.9. The van der Waals surface area contributed by atoms with Crippen LogP contribution in [0.2, 0.25) is 0 Å². The quantitative estimate of drug-likeness (QED) is 0.513. The van der Waals surface area contributed by atoms with Crippen molar-refractivity contribution in [3.8, 4) is 0 Å². The summed E-state index contributed by atoms with van der Waals surface area (Å²) in [5, 5.41) is 5.45. The van der Waals surface area contributed by atoms with Crippen molar-refractivity contribution < 1.29 is 19.1 Å². The van der Waals surface area contributed by atoms with E-state index in [4.69, 9.17) is 4.74 Å². The number of aryl methyl sites for hydroxylation is 1. The first-order valence-electron chi connectivity index (χ1n) is 10.5. The molecule has 3 rings (SSSR count). The highest BCUT2D eigenvalue weighted by Crippen LogP contribution is 2.15. The van der Waals surface area contributed by atoms with E-state index >= 15 is 0 Å². The van der Waals surface area contributed by atoms with Crippen molar-refractivity contribution in [1.82, 2.24) is 4.57 Å². The van der Waals surface area contributed by atoms with Crippen LogP contribution in [0.15, 0.2) is 71.7 Å². The summed E-state index contributed by atoms with van der Waals surface area (Å²) >= 11 is 0. The van der Waals surface area contributed by atoms with E-state index < -0.39 is 5.97 Å². The van der Waals surface area contributed by atoms with Crippen LogP contribution in [-0.2, 0) is 16.1 Å². The Labute approximate surface area is 191 Å². The van der Waals surface area contributed by atoms with Gasteiger partial charge in [0, 0.05) is 29.2 Å². The highest BCUT2D eigenvalue weighted by atomic mass is 16.5. The molecular weight excluding hydrogens is 422 g/mol. The fourth-order valence-corrected chi connectivity index (χ4v) is 3.04. The molecule has 8 nitrogen and oxygen atoms in total. The molecule has 0 aliphatic heterocycles. The Morgan fingerprint density at radius 1 is 0.909 bits per heavy atom. The molecule has 33 heavy (non-hydrogen) atoms. The molecule has 0 radical (unpaired) electrons. The molecule has 2 aromatic carbocycles. The van der Waals surface area contributed by atoms with E-state index in [9.17, 15) is 19.2 Å². The van der Waals surface area contributed by atoms with Gasteiger partial charge in [-0.25, -0.2) is 4.79 Å². The predicted molar refractivity (Wildman–Crippen MR) is 125 cm³/mol. The number of anilines is 2. The molecule has 3 aromatic rings. The number of carbonyl (C=O) groups excluding carboxylic acids is 3. The molecule has 1 aromatic heterocycles. The van der Waals surface area contributed by atoms with E-state index in [0.29, 0.717) is 29.1 Å². The first-order valence-corrected chi connectivity index (χ1v) is 10.5. The minimum absolute atomic E-state index is 0.111. The maximum Gasteiger partial charge on any atom is 0.338 e. The molecule has 0 fully saturated rings. The van der Waals surface area contributed by atoms with Gasteiger partial charge < -0.3 is 19.9 Å². The Morgan fingerprint density at radius 3 is 2.39 bits per heavy atom. The third-order valence-corrected chi connectivity index (χ3v) is 4.67. The van der Waals surface area contributed by atoms with Crippen LogP contribution in [0, 0.1) is 6.92 Å². The number of hydrogen-bond acceptors (Lipinski definition) is 5. The van der Waals surface area contributed by atoms with Crippen molar-refractivity contribution in [1.29, 1.82) is 0 Å². The number of benzene rings is 2. The molecule has 0 aliphatic carbocycles. The van der Waals surface area contributed by atoms with Gasteiger partial charge in [-0.3, -0.25) is 14.4 Å². The topological polar surface area (TPSA) is 106 Å². The molecule has 0 saturated carbocycles. The Bertz CT molecular complexity index is 1220. The molecule has 8 heteroatoms. The highest BCUT2D eigenvalue weighted by molar-refractivity contribution is 6.05. The van der Waals surface area contributed by atoms with Gasteiger partial charge in [-0.1, -0.05) is 19.1 Å². The zero-order valence-electron chi connectivity index (χ0n) is 18.5. The molecule has 0 spiro atoms. The summed E-state index contributed by atoms with van der Waals surface area (Å²) < 4.78 is 6.44. The van der Waals surface area contributed by atoms with Gasteiger partial charge in [0.1, 0.15) is 6.54 Å². The number of hydrogen-bond donors (Lipinski definition) is 2. The summed E-state index contributed by atoms with van der Waals surface area (Å²) in [7, 11) is 0. The second kappa shape index (κ2) is 10.9. The van der Waals surface area contributed by atoms with Crippen LogP contribution in [0.25, 0.3) is 0 Å². The lowest BCUT2D eigenvalue weighted by Gasteiger charge is -2.10. The van der Waals surface area contributed by atoms with Crippen LogP contribution < -0.4 is 16.2 Å². The Balaban J connectivity index is 1.60. The summed E-state index contributed by atoms with van der Waals surface area (Å²) in [6.45, 7) is 3.97. The smallest absolute Gasteiger partial charge is 0.338 e. The van der Waals surface area contributed by atoms with Crippen molar-refractivity contribution in [2.75, 3.05) is 17.2 Å². The summed E-state index contributed by atoms with van der Waals surface area (Å²) in [4.78, 5) is 48.7. The summed E-state index contributed by atoms with van der Waals surface area (Å²) in [6.07, 6.45) is 2.34. The number of nitrogens with one attached hydrogen (secondary N) is 2. The molecule has 0 aliphatic rings. The minimum atomic E-state index is -0.444. The molecule has 170 valence electrons. The van der Waals surface area contributed by atoms with E-state index in [2.05, 4.69) is 10.6 Å². The van der Waals surface area contributed by atoms with E-state index in [1.807, 2.05) is 13.8 Å². The van der Waals surface area contributed by atoms with Gasteiger partial charge in [0.15, 0.2) is 0 Å². The van der Waals surface area contributed by atoms with Gasteiger partial charge in [-0.2, -0.15) is 0 Å². The molecule has 0 saturated heterocycles. The monoisotopic (exact) mass is 447 g/mol.